The molecule has 1 nitrogen and oxygen atoms in total. The summed E-state index contributed by atoms with van der Waals surface area (Å²) in [5, 5.41) is 4.72. The van der Waals surface area contributed by atoms with Gasteiger partial charge in [0.25, 0.3) is 0 Å². The Morgan fingerprint density at radius 2 is 2.27 bits per heavy atom. The number of hydrogen-bond donors (Lipinski definition) is 1. The standard InChI is InChI=1S/C11H13BrClNS/c1-11(2)6-15-10(14-11)8-5-7(13)3-4-9(8)12/h3-5,10,14H,6H2,1-2H3. The van der Waals surface area contributed by atoms with Gasteiger partial charge >= 0.3 is 0 Å². The summed E-state index contributed by atoms with van der Waals surface area (Å²) in [6, 6.07) is 5.93. The minimum atomic E-state index is 0.205. The van der Waals surface area contributed by atoms with Crippen molar-refractivity contribution in [1.82, 2.24) is 5.32 Å². The largest absolute Gasteiger partial charge is 0.296 e. The predicted octanol–water partition coefficient (Wildman–Crippen LogP) is 4.22. The minimum Gasteiger partial charge on any atom is -0.296 e. The van der Waals surface area contributed by atoms with E-state index in [4.69, 9.17) is 11.6 Å². The molecule has 1 aromatic carbocycles. The highest BCUT2D eigenvalue weighted by Gasteiger charge is 2.32. The molecule has 0 saturated carbocycles. The van der Waals surface area contributed by atoms with E-state index in [2.05, 4.69) is 35.1 Å². The van der Waals surface area contributed by atoms with Crippen LogP contribution in [0.15, 0.2) is 22.7 Å². The second-order valence-electron chi connectivity index (χ2n) is 4.39. The molecule has 1 aliphatic heterocycles. The maximum absolute atomic E-state index is 6.01. The maximum atomic E-state index is 6.01. The third kappa shape index (κ3) is 2.70. The smallest absolute Gasteiger partial charge is 0.0805 e. The average molecular weight is 307 g/mol. The van der Waals surface area contributed by atoms with Crippen molar-refractivity contribution in [1.29, 1.82) is 0 Å². The molecule has 1 N–H and O–H groups in total. The normalized spacial score (nSPS) is 24.4. The Labute approximate surface area is 108 Å². The summed E-state index contributed by atoms with van der Waals surface area (Å²) in [5.41, 5.74) is 1.44. The number of nitrogens with one attached hydrogen (secondary N) is 1. The van der Waals surface area contributed by atoms with E-state index >= 15 is 0 Å². The highest BCUT2D eigenvalue weighted by molar-refractivity contribution is 9.10. The van der Waals surface area contributed by atoms with Crippen LogP contribution >= 0.6 is 39.3 Å². The molecule has 0 aromatic heterocycles. The van der Waals surface area contributed by atoms with Gasteiger partial charge in [-0.15, -0.1) is 11.8 Å². The first-order valence-corrected chi connectivity index (χ1v) is 7.04. The molecule has 4 heteroatoms. The molecule has 1 heterocycles. The Balaban J connectivity index is 2.27. The summed E-state index contributed by atoms with van der Waals surface area (Å²) in [7, 11) is 0. The minimum absolute atomic E-state index is 0.205. The summed E-state index contributed by atoms with van der Waals surface area (Å²) >= 11 is 11.5. The maximum Gasteiger partial charge on any atom is 0.0805 e. The van der Waals surface area contributed by atoms with Gasteiger partial charge < -0.3 is 0 Å². The fourth-order valence-corrected chi connectivity index (χ4v) is 3.86. The van der Waals surface area contributed by atoms with Crippen LogP contribution < -0.4 is 5.32 Å². The van der Waals surface area contributed by atoms with Crippen molar-refractivity contribution in [2.24, 2.45) is 0 Å². The molecular weight excluding hydrogens is 294 g/mol. The number of hydrogen-bond acceptors (Lipinski definition) is 2. The molecule has 0 bridgehead atoms. The van der Waals surface area contributed by atoms with Gasteiger partial charge in [-0.25, -0.2) is 0 Å². The molecule has 82 valence electrons. The van der Waals surface area contributed by atoms with Crippen LogP contribution in [0.25, 0.3) is 0 Å². The third-order valence-electron chi connectivity index (χ3n) is 2.37. The molecule has 2 rings (SSSR count). The Hall–Kier alpha value is 0.300. The lowest BCUT2D eigenvalue weighted by molar-refractivity contribution is 0.451. The van der Waals surface area contributed by atoms with Gasteiger partial charge in [0.1, 0.15) is 0 Å². The molecule has 0 amide bonds. The second kappa shape index (κ2) is 4.28. The van der Waals surface area contributed by atoms with E-state index in [1.807, 2.05) is 30.0 Å². The molecule has 0 spiro atoms. The molecule has 1 atom stereocenters. The van der Waals surface area contributed by atoms with Crippen LogP contribution in [0.3, 0.4) is 0 Å². The van der Waals surface area contributed by atoms with Crippen LogP contribution in [0.5, 0.6) is 0 Å². The van der Waals surface area contributed by atoms with Crippen LogP contribution in [0.4, 0.5) is 0 Å². The average Bonchev–Trinajstić information content (AvgIpc) is 2.50. The van der Waals surface area contributed by atoms with Gasteiger partial charge in [0, 0.05) is 20.8 Å². The summed E-state index contributed by atoms with van der Waals surface area (Å²) in [6.07, 6.45) is 0. The Morgan fingerprint density at radius 1 is 1.53 bits per heavy atom. The summed E-state index contributed by atoms with van der Waals surface area (Å²) < 4.78 is 1.12. The van der Waals surface area contributed by atoms with Crippen molar-refractivity contribution in [3.05, 3.63) is 33.3 Å². The molecule has 0 radical (unpaired) electrons. The Bertz CT molecular complexity index is 381. The predicted molar refractivity (Wildman–Crippen MR) is 71.6 cm³/mol. The fraction of sp³-hybridized carbons (Fsp3) is 0.455. The van der Waals surface area contributed by atoms with Crippen molar-refractivity contribution in [2.75, 3.05) is 5.75 Å². The summed E-state index contributed by atoms with van der Waals surface area (Å²) in [4.78, 5) is 0. The van der Waals surface area contributed by atoms with E-state index < -0.39 is 0 Å². The highest BCUT2D eigenvalue weighted by Crippen LogP contribution is 2.40. The van der Waals surface area contributed by atoms with E-state index in [0.29, 0.717) is 5.37 Å². The van der Waals surface area contributed by atoms with Gasteiger partial charge in [0.05, 0.1) is 5.37 Å². The van der Waals surface area contributed by atoms with E-state index in [-0.39, 0.29) is 5.54 Å². The summed E-state index contributed by atoms with van der Waals surface area (Å²) in [5.74, 6) is 1.12. The quantitative estimate of drug-likeness (QED) is 0.834. The molecule has 1 fully saturated rings. The van der Waals surface area contributed by atoms with E-state index in [1.54, 1.807) is 0 Å². The van der Waals surface area contributed by atoms with Gasteiger partial charge in [-0.1, -0.05) is 27.5 Å². The zero-order valence-corrected chi connectivity index (χ0v) is 11.8. The molecule has 15 heavy (non-hydrogen) atoms. The number of thioether (sulfide) groups is 1. The molecular formula is C11H13BrClNS. The first-order valence-electron chi connectivity index (χ1n) is 4.82. The molecule has 0 aliphatic carbocycles. The molecule has 1 saturated heterocycles. The zero-order chi connectivity index (χ0) is 11.1. The van der Waals surface area contributed by atoms with E-state index in [9.17, 15) is 0 Å². The number of rotatable bonds is 1. The lowest BCUT2D eigenvalue weighted by atomic mass is 10.1. The number of benzene rings is 1. The van der Waals surface area contributed by atoms with Crippen molar-refractivity contribution >= 4 is 39.3 Å². The Morgan fingerprint density at radius 3 is 2.87 bits per heavy atom. The van der Waals surface area contributed by atoms with Crippen LogP contribution in [0.1, 0.15) is 24.8 Å². The van der Waals surface area contributed by atoms with Crippen LogP contribution in [0, 0.1) is 0 Å². The second-order valence-corrected chi connectivity index (χ2v) is 6.77. The first-order chi connectivity index (χ1) is 6.98. The van der Waals surface area contributed by atoms with Gasteiger partial charge in [-0.05, 0) is 37.6 Å². The third-order valence-corrected chi connectivity index (χ3v) is 4.92. The van der Waals surface area contributed by atoms with E-state index in [0.717, 1.165) is 15.2 Å². The summed E-state index contributed by atoms with van der Waals surface area (Å²) in [6.45, 7) is 4.44. The number of halogens is 2. The molecule has 1 aromatic rings. The van der Waals surface area contributed by atoms with Crippen LogP contribution in [0.2, 0.25) is 5.02 Å². The Kier molecular flexibility index (Phi) is 3.36. The van der Waals surface area contributed by atoms with Gasteiger partial charge in [-0.3, -0.25) is 5.32 Å². The topological polar surface area (TPSA) is 12.0 Å². The van der Waals surface area contributed by atoms with Crippen molar-refractivity contribution < 1.29 is 0 Å². The van der Waals surface area contributed by atoms with Crippen molar-refractivity contribution in [3.8, 4) is 0 Å². The van der Waals surface area contributed by atoms with Gasteiger partial charge in [0.15, 0.2) is 0 Å². The van der Waals surface area contributed by atoms with E-state index in [1.165, 1.54) is 5.56 Å². The fourth-order valence-electron chi connectivity index (χ4n) is 1.61. The van der Waals surface area contributed by atoms with Crippen molar-refractivity contribution in [3.63, 3.8) is 0 Å². The van der Waals surface area contributed by atoms with Gasteiger partial charge in [0.2, 0.25) is 0 Å². The first kappa shape index (κ1) is 11.8. The SMILES string of the molecule is CC1(C)CSC(c2cc(Cl)ccc2Br)N1. The van der Waals surface area contributed by atoms with Crippen LogP contribution in [-0.4, -0.2) is 11.3 Å². The zero-order valence-electron chi connectivity index (χ0n) is 8.68. The highest BCUT2D eigenvalue weighted by atomic mass is 79.9. The van der Waals surface area contributed by atoms with Crippen molar-refractivity contribution in [2.45, 2.75) is 24.8 Å². The lowest BCUT2D eigenvalue weighted by Crippen LogP contribution is -2.35. The van der Waals surface area contributed by atoms with Gasteiger partial charge in [-0.2, -0.15) is 0 Å². The molecule has 1 unspecified atom stereocenters. The monoisotopic (exact) mass is 305 g/mol. The van der Waals surface area contributed by atoms with Crippen LogP contribution in [-0.2, 0) is 0 Å². The lowest BCUT2D eigenvalue weighted by Gasteiger charge is -2.19. The molecule has 1 aliphatic rings.